The van der Waals surface area contributed by atoms with Gasteiger partial charge in [-0.2, -0.15) is 9.98 Å². The highest BCUT2D eigenvalue weighted by molar-refractivity contribution is 7.89. The number of rotatable bonds is 10. The van der Waals surface area contributed by atoms with Crippen LogP contribution < -0.4 is 4.72 Å². The van der Waals surface area contributed by atoms with Crippen molar-refractivity contribution in [3.8, 4) is 6.07 Å². The predicted molar refractivity (Wildman–Crippen MR) is 132 cm³/mol. The standard InChI is InChI=1S/C25H29N5O5S/c26-16-19-5-3-13-29(19)15-11-22(25(33)30-14-2-4-18(17-30)8-9-24(31)32)28-36(34,35)23-7-1-6-21-20(23)10-12-27-21/h1,3,5-7,10,12-13,18,22,27-28H,2,4,8-9,11,14-15,17H2,(H,31,32). The summed E-state index contributed by atoms with van der Waals surface area (Å²) in [4.78, 5) is 29.3. The Morgan fingerprint density at radius 2 is 2.08 bits per heavy atom. The van der Waals surface area contributed by atoms with Crippen molar-refractivity contribution in [3.63, 3.8) is 0 Å². The highest BCUT2D eigenvalue weighted by Crippen LogP contribution is 2.25. The van der Waals surface area contributed by atoms with Gasteiger partial charge in [0.15, 0.2) is 0 Å². The van der Waals surface area contributed by atoms with Crippen molar-refractivity contribution >= 4 is 32.8 Å². The molecular formula is C25H29N5O5S. The molecule has 2 aromatic heterocycles. The summed E-state index contributed by atoms with van der Waals surface area (Å²) in [5.41, 5.74) is 1.09. The van der Waals surface area contributed by atoms with E-state index in [9.17, 15) is 23.3 Å². The van der Waals surface area contributed by atoms with E-state index in [2.05, 4.69) is 15.8 Å². The Bertz CT molecular complexity index is 1390. The fraction of sp³-hybridized carbons (Fsp3) is 0.400. The monoisotopic (exact) mass is 511 g/mol. The number of aromatic amines is 1. The minimum absolute atomic E-state index is 0.0357. The average Bonchev–Trinajstić information content (AvgIpc) is 3.54. The van der Waals surface area contributed by atoms with Crippen molar-refractivity contribution in [2.75, 3.05) is 13.1 Å². The van der Waals surface area contributed by atoms with E-state index >= 15 is 0 Å². The molecule has 3 N–H and O–H groups in total. The predicted octanol–water partition coefficient (Wildman–Crippen LogP) is 2.68. The highest BCUT2D eigenvalue weighted by atomic mass is 32.2. The number of H-pyrrole nitrogens is 1. The van der Waals surface area contributed by atoms with E-state index in [1.165, 1.54) is 6.07 Å². The molecule has 0 radical (unpaired) electrons. The van der Waals surface area contributed by atoms with Crippen LogP contribution in [0.2, 0.25) is 0 Å². The van der Waals surface area contributed by atoms with Crippen LogP contribution in [0.3, 0.4) is 0 Å². The lowest BCUT2D eigenvalue weighted by Crippen LogP contribution is -2.51. The number of amides is 1. The number of aliphatic carboxylic acids is 1. The largest absolute Gasteiger partial charge is 0.481 e. The van der Waals surface area contributed by atoms with Crippen molar-refractivity contribution in [1.29, 1.82) is 5.26 Å². The number of aromatic nitrogens is 2. The van der Waals surface area contributed by atoms with Crippen molar-refractivity contribution in [2.45, 2.75) is 49.6 Å². The van der Waals surface area contributed by atoms with Gasteiger partial charge in [-0.3, -0.25) is 9.59 Å². The Labute approximate surface area is 209 Å². The molecule has 2 unspecified atom stereocenters. The van der Waals surface area contributed by atoms with Gasteiger partial charge in [0.05, 0.1) is 4.90 Å². The summed E-state index contributed by atoms with van der Waals surface area (Å²) < 4.78 is 31.2. The van der Waals surface area contributed by atoms with Crippen LogP contribution in [-0.4, -0.2) is 59.0 Å². The quantitative estimate of drug-likeness (QED) is 0.381. The van der Waals surface area contributed by atoms with E-state index in [0.717, 1.165) is 12.8 Å². The third-order valence-corrected chi connectivity index (χ3v) is 8.17. The van der Waals surface area contributed by atoms with E-state index in [1.54, 1.807) is 52.2 Å². The molecule has 2 atom stereocenters. The zero-order chi connectivity index (χ0) is 25.7. The number of carbonyl (C=O) groups excluding carboxylic acids is 1. The van der Waals surface area contributed by atoms with Crippen LogP contribution >= 0.6 is 0 Å². The van der Waals surface area contributed by atoms with Crippen LogP contribution in [0.1, 0.15) is 37.8 Å². The van der Waals surface area contributed by atoms with Crippen LogP contribution in [0.4, 0.5) is 0 Å². The minimum Gasteiger partial charge on any atom is -0.481 e. The van der Waals surface area contributed by atoms with Gasteiger partial charge in [-0.15, -0.1) is 0 Å². The number of piperidine rings is 1. The van der Waals surface area contributed by atoms with Gasteiger partial charge in [0, 0.05) is 49.4 Å². The molecule has 1 aliphatic rings. The maximum absolute atomic E-state index is 13.6. The molecule has 1 saturated heterocycles. The molecule has 190 valence electrons. The summed E-state index contributed by atoms with van der Waals surface area (Å²) in [5, 5.41) is 18.9. The molecule has 1 aliphatic heterocycles. The summed E-state index contributed by atoms with van der Waals surface area (Å²) in [5.74, 6) is -1.16. The zero-order valence-corrected chi connectivity index (χ0v) is 20.6. The Hall–Kier alpha value is -3.62. The molecule has 0 saturated carbocycles. The van der Waals surface area contributed by atoms with E-state index in [-0.39, 0.29) is 36.1 Å². The van der Waals surface area contributed by atoms with Crippen LogP contribution in [-0.2, 0) is 26.2 Å². The molecule has 4 rings (SSSR count). The van der Waals surface area contributed by atoms with Gasteiger partial charge in [-0.05, 0) is 61.9 Å². The molecule has 1 aromatic carbocycles. The van der Waals surface area contributed by atoms with Crippen LogP contribution in [0.25, 0.3) is 10.9 Å². The number of nitrogens with one attached hydrogen (secondary N) is 2. The highest BCUT2D eigenvalue weighted by Gasteiger charge is 2.32. The Balaban J connectivity index is 1.57. The van der Waals surface area contributed by atoms with Crippen LogP contribution in [0.5, 0.6) is 0 Å². The van der Waals surface area contributed by atoms with Gasteiger partial charge in [0.2, 0.25) is 15.9 Å². The van der Waals surface area contributed by atoms with Crippen molar-refractivity contribution in [2.24, 2.45) is 5.92 Å². The molecule has 0 bridgehead atoms. The number of sulfonamides is 1. The topological polar surface area (TPSA) is 148 Å². The van der Waals surface area contributed by atoms with Crippen molar-refractivity contribution in [1.82, 2.24) is 19.2 Å². The first-order chi connectivity index (χ1) is 17.3. The number of nitriles is 1. The first-order valence-corrected chi connectivity index (χ1v) is 13.4. The van der Waals surface area contributed by atoms with Crippen molar-refractivity contribution < 1.29 is 23.1 Å². The second kappa shape index (κ2) is 11.0. The summed E-state index contributed by atoms with van der Waals surface area (Å²) >= 11 is 0. The van der Waals surface area contributed by atoms with E-state index in [4.69, 9.17) is 5.11 Å². The molecule has 0 spiro atoms. The number of fused-ring (bicyclic) bond motifs is 1. The Morgan fingerprint density at radius 1 is 1.25 bits per heavy atom. The fourth-order valence-corrected chi connectivity index (χ4v) is 6.25. The number of hydrogen-bond acceptors (Lipinski definition) is 5. The number of benzene rings is 1. The summed E-state index contributed by atoms with van der Waals surface area (Å²) in [6, 6.07) is 11.0. The zero-order valence-electron chi connectivity index (χ0n) is 19.8. The molecular weight excluding hydrogens is 482 g/mol. The molecule has 3 aromatic rings. The van der Waals surface area contributed by atoms with Gasteiger partial charge in [-0.25, -0.2) is 8.42 Å². The van der Waals surface area contributed by atoms with E-state index < -0.39 is 22.0 Å². The normalized spacial score (nSPS) is 17.1. The number of carboxylic acids is 1. The summed E-state index contributed by atoms with van der Waals surface area (Å²) in [6.07, 6.45) is 5.60. The summed E-state index contributed by atoms with van der Waals surface area (Å²) in [7, 11) is -4.05. The number of aryl methyl sites for hydroxylation is 1. The number of carboxylic acid groups (broad SMARTS) is 1. The molecule has 36 heavy (non-hydrogen) atoms. The number of likely N-dealkylation sites (tertiary alicyclic amines) is 1. The third-order valence-electron chi connectivity index (χ3n) is 6.64. The minimum atomic E-state index is -4.05. The maximum atomic E-state index is 13.6. The van der Waals surface area contributed by atoms with Gasteiger partial charge < -0.3 is 19.6 Å². The fourth-order valence-electron chi connectivity index (χ4n) is 4.80. The maximum Gasteiger partial charge on any atom is 0.303 e. The Kier molecular flexibility index (Phi) is 7.76. The number of hydrogen-bond donors (Lipinski definition) is 3. The van der Waals surface area contributed by atoms with Crippen molar-refractivity contribution in [3.05, 3.63) is 54.5 Å². The lowest BCUT2D eigenvalue weighted by atomic mass is 9.93. The molecule has 1 amide bonds. The molecule has 0 aliphatic carbocycles. The molecule has 11 heteroatoms. The first kappa shape index (κ1) is 25.5. The molecule has 1 fully saturated rings. The second-order valence-electron chi connectivity index (χ2n) is 9.08. The molecule has 10 nitrogen and oxygen atoms in total. The molecule has 3 heterocycles. The number of carbonyl (C=O) groups is 2. The van der Waals surface area contributed by atoms with Gasteiger partial charge in [0.25, 0.3) is 0 Å². The van der Waals surface area contributed by atoms with Gasteiger partial charge in [0.1, 0.15) is 17.8 Å². The number of nitrogens with zero attached hydrogens (tertiary/aromatic N) is 3. The SMILES string of the molecule is N#Cc1cccn1CCC(NS(=O)(=O)c1cccc2[nH]ccc12)C(=O)N1CCCC(CCC(=O)O)C1. The summed E-state index contributed by atoms with van der Waals surface area (Å²) in [6.45, 7) is 1.16. The smallest absolute Gasteiger partial charge is 0.303 e. The third kappa shape index (κ3) is 5.78. The van der Waals surface area contributed by atoms with Crippen LogP contribution in [0.15, 0.2) is 53.7 Å². The van der Waals surface area contributed by atoms with Gasteiger partial charge in [-0.1, -0.05) is 6.07 Å². The van der Waals surface area contributed by atoms with E-state index in [0.29, 0.717) is 36.1 Å². The average molecular weight is 512 g/mol. The Morgan fingerprint density at radius 3 is 2.86 bits per heavy atom. The first-order valence-electron chi connectivity index (χ1n) is 11.9. The van der Waals surface area contributed by atoms with Gasteiger partial charge >= 0.3 is 5.97 Å². The second-order valence-corrected chi connectivity index (χ2v) is 10.8. The van der Waals surface area contributed by atoms with E-state index in [1.807, 2.05) is 0 Å². The lowest BCUT2D eigenvalue weighted by Gasteiger charge is -2.35. The lowest BCUT2D eigenvalue weighted by molar-refractivity contribution is -0.137. The van der Waals surface area contributed by atoms with Crippen LogP contribution in [0, 0.1) is 17.2 Å².